The van der Waals surface area contributed by atoms with E-state index < -0.39 is 0 Å². The summed E-state index contributed by atoms with van der Waals surface area (Å²) in [7, 11) is 1.59. The highest BCUT2D eigenvalue weighted by molar-refractivity contribution is 7.15. The number of rotatable bonds is 1. The predicted molar refractivity (Wildman–Crippen MR) is 64.4 cm³/mol. The fourth-order valence-corrected chi connectivity index (χ4v) is 2.90. The Hall–Kier alpha value is -1.82. The smallest absolute Gasteiger partial charge is 0.271 e. The van der Waals surface area contributed by atoms with Crippen molar-refractivity contribution in [3.05, 3.63) is 22.2 Å². The van der Waals surface area contributed by atoms with Gasteiger partial charge < -0.3 is 10.1 Å². The van der Waals surface area contributed by atoms with Crippen LogP contribution in [0, 0.1) is 6.92 Å². The van der Waals surface area contributed by atoms with Crippen LogP contribution >= 0.6 is 11.3 Å². The van der Waals surface area contributed by atoms with E-state index in [0.29, 0.717) is 12.3 Å². The van der Waals surface area contributed by atoms with Crippen LogP contribution in [0.15, 0.2) is 6.07 Å². The molecule has 2 aromatic rings. The minimum atomic E-state index is -0.192. The molecule has 2 aromatic heterocycles. The molecule has 5 nitrogen and oxygen atoms in total. The lowest BCUT2D eigenvalue weighted by Crippen LogP contribution is -2.20. The van der Waals surface area contributed by atoms with Crippen molar-refractivity contribution < 1.29 is 9.53 Å². The summed E-state index contributed by atoms with van der Waals surface area (Å²) in [5, 5.41) is 9.57. The van der Waals surface area contributed by atoms with Crippen molar-refractivity contribution in [1.29, 1.82) is 0 Å². The number of nitrogens with zero attached hydrogens (tertiary/aromatic N) is 1. The number of nitrogens with one attached hydrogen (secondary N) is 2. The zero-order valence-electron chi connectivity index (χ0n) is 9.46. The van der Waals surface area contributed by atoms with Crippen molar-refractivity contribution >= 4 is 17.2 Å². The first kappa shape index (κ1) is 10.3. The van der Waals surface area contributed by atoms with E-state index >= 15 is 0 Å². The number of thiophene rings is 1. The van der Waals surface area contributed by atoms with Crippen LogP contribution in [-0.2, 0) is 6.61 Å². The summed E-state index contributed by atoms with van der Waals surface area (Å²) in [6.07, 6.45) is 0. The van der Waals surface area contributed by atoms with Crippen molar-refractivity contribution in [3.8, 4) is 16.3 Å². The van der Waals surface area contributed by atoms with Crippen molar-refractivity contribution in [2.24, 2.45) is 0 Å². The summed E-state index contributed by atoms with van der Waals surface area (Å²) in [4.78, 5) is 13.8. The monoisotopic (exact) mass is 249 g/mol. The van der Waals surface area contributed by atoms with Gasteiger partial charge in [0.15, 0.2) is 5.69 Å². The number of carbonyl (C=O) groups excluding carboxylic acids is 1. The Morgan fingerprint density at radius 3 is 3.24 bits per heavy atom. The lowest BCUT2D eigenvalue weighted by atomic mass is 10.1. The second-order valence-electron chi connectivity index (χ2n) is 3.84. The van der Waals surface area contributed by atoms with Crippen LogP contribution in [0.3, 0.4) is 0 Å². The number of amides is 1. The zero-order chi connectivity index (χ0) is 12.0. The average Bonchev–Trinajstić information content (AvgIpc) is 2.89. The predicted octanol–water partition coefficient (Wildman–Crippen LogP) is 1.70. The molecule has 1 aliphatic rings. The topological polar surface area (TPSA) is 67.0 Å². The Kier molecular flexibility index (Phi) is 2.19. The number of fused-ring (bicyclic) bond motifs is 3. The third-order valence-corrected chi connectivity index (χ3v) is 3.78. The molecule has 1 aliphatic heterocycles. The van der Waals surface area contributed by atoms with Crippen LogP contribution in [0.4, 0.5) is 0 Å². The third kappa shape index (κ3) is 1.44. The van der Waals surface area contributed by atoms with Gasteiger partial charge in [0.1, 0.15) is 12.4 Å². The van der Waals surface area contributed by atoms with Gasteiger partial charge in [0.25, 0.3) is 5.91 Å². The molecule has 6 heteroatoms. The molecule has 0 fully saturated rings. The molecule has 0 bridgehead atoms. The Morgan fingerprint density at radius 2 is 2.47 bits per heavy atom. The summed E-state index contributed by atoms with van der Waals surface area (Å²) < 4.78 is 5.63. The maximum atomic E-state index is 11.6. The number of H-pyrrole nitrogens is 1. The number of aromatic amines is 1. The van der Waals surface area contributed by atoms with Crippen molar-refractivity contribution in [2.75, 3.05) is 7.05 Å². The van der Waals surface area contributed by atoms with Crippen LogP contribution in [-0.4, -0.2) is 23.2 Å². The van der Waals surface area contributed by atoms with Gasteiger partial charge in [-0.1, -0.05) is 0 Å². The van der Waals surface area contributed by atoms with Crippen LogP contribution in [0.5, 0.6) is 5.75 Å². The Morgan fingerprint density at radius 1 is 1.65 bits per heavy atom. The maximum Gasteiger partial charge on any atom is 0.271 e. The highest BCUT2D eigenvalue weighted by Gasteiger charge is 2.27. The van der Waals surface area contributed by atoms with E-state index in [-0.39, 0.29) is 5.91 Å². The number of aryl methyl sites for hydroxylation is 1. The zero-order valence-corrected chi connectivity index (χ0v) is 10.3. The summed E-state index contributed by atoms with van der Waals surface area (Å²) >= 11 is 1.64. The summed E-state index contributed by atoms with van der Waals surface area (Å²) in [6.45, 7) is 2.42. The number of aromatic nitrogens is 2. The van der Waals surface area contributed by atoms with Crippen LogP contribution in [0.2, 0.25) is 0 Å². The largest absolute Gasteiger partial charge is 0.487 e. The van der Waals surface area contributed by atoms with Gasteiger partial charge in [-0.3, -0.25) is 9.89 Å². The van der Waals surface area contributed by atoms with Gasteiger partial charge in [-0.2, -0.15) is 5.10 Å². The molecule has 0 aromatic carbocycles. The lowest BCUT2D eigenvalue weighted by molar-refractivity contribution is 0.0955. The van der Waals surface area contributed by atoms with Gasteiger partial charge in [0.05, 0.1) is 10.6 Å². The van der Waals surface area contributed by atoms with E-state index in [4.69, 9.17) is 4.74 Å². The molecule has 3 rings (SSSR count). The lowest BCUT2D eigenvalue weighted by Gasteiger charge is -2.13. The summed E-state index contributed by atoms with van der Waals surface area (Å²) in [5.41, 5.74) is 2.15. The van der Waals surface area contributed by atoms with Crippen molar-refractivity contribution in [2.45, 2.75) is 13.5 Å². The SMILES string of the molecule is CNC(=O)c1n[nH]c2c1COc1cc(C)sc1-2. The van der Waals surface area contributed by atoms with E-state index in [2.05, 4.69) is 15.5 Å². The van der Waals surface area contributed by atoms with Gasteiger partial charge in [-0.25, -0.2) is 0 Å². The van der Waals surface area contributed by atoms with E-state index in [1.807, 2.05) is 13.0 Å². The highest BCUT2D eigenvalue weighted by atomic mass is 32.1. The Bertz CT molecular complexity index is 600. The molecule has 2 N–H and O–H groups in total. The van der Waals surface area contributed by atoms with Gasteiger partial charge in [-0.05, 0) is 13.0 Å². The minimum Gasteiger partial charge on any atom is -0.487 e. The number of carbonyl (C=O) groups is 1. The third-order valence-electron chi connectivity index (χ3n) is 2.73. The first-order valence-corrected chi connectivity index (χ1v) is 6.05. The van der Waals surface area contributed by atoms with E-state index in [1.165, 1.54) is 4.88 Å². The molecule has 0 spiro atoms. The summed E-state index contributed by atoms with van der Waals surface area (Å²) in [5.74, 6) is 0.676. The normalized spacial score (nSPS) is 12.6. The Labute approximate surface area is 102 Å². The molecule has 1 amide bonds. The van der Waals surface area contributed by atoms with E-state index in [1.54, 1.807) is 18.4 Å². The molecular weight excluding hydrogens is 238 g/mol. The molecule has 0 aliphatic carbocycles. The molecule has 0 atom stereocenters. The van der Waals surface area contributed by atoms with Gasteiger partial charge in [-0.15, -0.1) is 11.3 Å². The Balaban J connectivity index is 2.15. The van der Waals surface area contributed by atoms with Crippen molar-refractivity contribution in [1.82, 2.24) is 15.5 Å². The standard InChI is InChI=1S/C11H11N3O2S/c1-5-3-7-10(17-5)8-6(4-16-7)9(14-13-8)11(15)12-2/h3H,4H2,1-2H3,(H,12,15)(H,13,14). The molecule has 17 heavy (non-hydrogen) atoms. The number of hydrogen-bond acceptors (Lipinski definition) is 4. The molecule has 0 saturated heterocycles. The average molecular weight is 249 g/mol. The quantitative estimate of drug-likeness (QED) is 0.808. The second-order valence-corrected chi connectivity index (χ2v) is 5.10. The molecule has 0 radical (unpaired) electrons. The number of ether oxygens (including phenoxy) is 1. The number of hydrogen-bond donors (Lipinski definition) is 2. The molecule has 3 heterocycles. The van der Waals surface area contributed by atoms with Gasteiger partial charge in [0.2, 0.25) is 0 Å². The van der Waals surface area contributed by atoms with Gasteiger partial charge >= 0.3 is 0 Å². The van der Waals surface area contributed by atoms with Crippen LogP contribution in [0.1, 0.15) is 20.9 Å². The fourth-order valence-electron chi connectivity index (χ4n) is 1.92. The molecule has 0 unspecified atom stereocenters. The van der Waals surface area contributed by atoms with Crippen LogP contribution in [0.25, 0.3) is 10.6 Å². The van der Waals surface area contributed by atoms with E-state index in [0.717, 1.165) is 21.9 Å². The second kappa shape index (κ2) is 3.59. The first-order valence-electron chi connectivity index (χ1n) is 5.23. The minimum absolute atomic E-state index is 0.192. The maximum absolute atomic E-state index is 11.6. The van der Waals surface area contributed by atoms with Gasteiger partial charge in [0, 0.05) is 17.5 Å². The highest BCUT2D eigenvalue weighted by Crippen LogP contribution is 2.43. The van der Waals surface area contributed by atoms with E-state index in [9.17, 15) is 4.79 Å². The molecule has 0 saturated carbocycles. The first-order chi connectivity index (χ1) is 8.20. The molecule has 88 valence electrons. The van der Waals surface area contributed by atoms with Crippen molar-refractivity contribution in [3.63, 3.8) is 0 Å². The molecular formula is C11H11N3O2S. The fraction of sp³-hybridized carbons (Fsp3) is 0.273. The summed E-state index contributed by atoms with van der Waals surface area (Å²) in [6, 6.07) is 2.00. The van der Waals surface area contributed by atoms with Crippen LogP contribution < -0.4 is 10.1 Å².